The van der Waals surface area contributed by atoms with Gasteiger partial charge in [0.05, 0.1) is 21.3 Å². The summed E-state index contributed by atoms with van der Waals surface area (Å²) >= 11 is 0. The zero-order valence-corrected chi connectivity index (χ0v) is 13.8. The van der Waals surface area contributed by atoms with E-state index in [2.05, 4.69) is 17.4 Å². The summed E-state index contributed by atoms with van der Waals surface area (Å²) in [6.45, 7) is 1.53. The van der Waals surface area contributed by atoms with Gasteiger partial charge < -0.3 is 31.9 Å². The van der Waals surface area contributed by atoms with Crippen LogP contribution in [0.2, 0.25) is 0 Å². The molecule has 1 N–H and O–H groups in total. The molecule has 0 radical (unpaired) electrons. The summed E-state index contributed by atoms with van der Waals surface area (Å²) in [6, 6.07) is 13.9. The highest BCUT2D eigenvalue weighted by Gasteiger charge is 2.04. The lowest BCUT2D eigenvalue weighted by Gasteiger charge is -2.11. The van der Waals surface area contributed by atoms with Gasteiger partial charge >= 0.3 is 0 Å². The van der Waals surface area contributed by atoms with Crippen LogP contribution in [0, 0.1) is 0 Å². The third-order valence-electron chi connectivity index (χ3n) is 3.30. The van der Waals surface area contributed by atoms with Gasteiger partial charge in [-0.2, -0.15) is 0 Å². The zero-order chi connectivity index (χ0) is 15.1. The van der Waals surface area contributed by atoms with Crippen molar-refractivity contribution in [2.75, 3.05) is 21.3 Å². The van der Waals surface area contributed by atoms with Crippen LogP contribution >= 0.6 is 0 Å². The molecule has 5 heteroatoms. The van der Waals surface area contributed by atoms with Crippen LogP contribution in [0.3, 0.4) is 0 Å². The zero-order valence-electron chi connectivity index (χ0n) is 13.1. The highest BCUT2D eigenvalue weighted by atomic mass is 35.5. The molecule has 0 fully saturated rings. The molecule has 0 unspecified atom stereocenters. The minimum absolute atomic E-state index is 0. The van der Waals surface area contributed by atoms with Crippen molar-refractivity contribution in [3.05, 3.63) is 53.6 Å². The Morgan fingerprint density at radius 1 is 0.773 bits per heavy atom. The van der Waals surface area contributed by atoms with Gasteiger partial charge in [-0.05, 0) is 23.8 Å². The summed E-state index contributed by atoms with van der Waals surface area (Å²) in [4.78, 5) is 0. The fourth-order valence-corrected chi connectivity index (χ4v) is 2.08. The number of methoxy groups -OCH3 is 3. The second-order valence-electron chi connectivity index (χ2n) is 4.63. The molecule has 22 heavy (non-hydrogen) atoms. The van der Waals surface area contributed by atoms with E-state index in [1.54, 1.807) is 21.3 Å². The molecule has 0 aliphatic rings. The molecule has 2 aromatic carbocycles. The SMILES string of the molecule is COc1ccc(CNCc2ccc(OC)cc2OC)cc1.[Cl-]. The minimum atomic E-state index is 0. The molecule has 2 rings (SSSR count). The van der Waals surface area contributed by atoms with Crippen molar-refractivity contribution in [1.29, 1.82) is 0 Å². The second kappa shape index (κ2) is 9.18. The fraction of sp³-hybridized carbons (Fsp3) is 0.294. The predicted octanol–water partition coefficient (Wildman–Crippen LogP) is 0.00620. The standard InChI is InChI=1S/C17H21NO3.ClH/c1-19-15-7-4-13(5-8-15)11-18-12-14-6-9-16(20-2)10-17(14)21-3;/h4-10,18H,11-12H2,1-3H3;1H/p-1. The lowest BCUT2D eigenvalue weighted by molar-refractivity contribution is -0.00000528. The van der Waals surface area contributed by atoms with Crippen molar-refractivity contribution < 1.29 is 26.6 Å². The Morgan fingerprint density at radius 3 is 2.00 bits per heavy atom. The van der Waals surface area contributed by atoms with Crippen LogP contribution in [0.4, 0.5) is 0 Å². The first-order valence-corrected chi connectivity index (χ1v) is 6.81. The Kier molecular flexibility index (Phi) is 7.57. The summed E-state index contributed by atoms with van der Waals surface area (Å²) in [7, 11) is 4.99. The van der Waals surface area contributed by atoms with Crippen LogP contribution in [0.25, 0.3) is 0 Å². The van der Waals surface area contributed by atoms with Gasteiger partial charge in [0, 0.05) is 24.7 Å². The smallest absolute Gasteiger partial charge is 0.127 e. The summed E-state index contributed by atoms with van der Waals surface area (Å²) in [5.74, 6) is 2.50. The van der Waals surface area contributed by atoms with Gasteiger partial charge in [0.2, 0.25) is 0 Å². The number of hydrogen-bond donors (Lipinski definition) is 1. The van der Waals surface area contributed by atoms with Gasteiger partial charge in [0.15, 0.2) is 0 Å². The van der Waals surface area contributed by atoms with Gasteiger partial charge in [-0.3, -0.25) is 0 Å². The molecule has 0 atom stereocenters. The maximum absolute atomic E-state index is 5.38. The number of rotatable bonds is 7. The lowest BCUT2D eigenvalue weighted by Crippen LogP contribution is -3.00. The molecular weight excluding hydrogens is 302 g/mol. The highest BCUT2D eigenvalue weighted by Crippen LogP contribution is 2.24. The van der Waals surface area contributed by atoms with E-state index in [-0.39, 0.29) is 12.4 Å². The Morgan fingerprint density at radius 2 is 1.41 bits per heavy atom. The van der Waals surface area contributed by atoms with Crippen LogP contribution in [-0.2, 0) is 13.1 Å². The van der Waals surface area contributed by atoms with Crippen molar-refractivity contribution in [3.63, 3.8) is 0 Å². The first-order chi connectivity index (χ1) is 10.3. The topological polar surface area (TPSA) is 39.7 Å². The van der Waals surface area contributed by atoms with Crippen LogP contribution in [-0.4, -0.2) is 21.3 Å². The van der Waals surface area contributed by atoms with E-state index in [1.807, 2.05) is 30.3 Å². The Balaban J connectivity index is 0.00000242. The number of nitrogens with one attached hydrogen (secondary N) is 1. The van der Waals surface area contributed by atoms with Crippen molar-refractivity contribution >= 4 is 0 Å². The first-order valence-electron chi connectivity index (χ1n) is 6.81. The number of benzene rings is 2. The van der Waals surface area contributed by atoms with Crippen LogP contribution in [0.1, 0.15) is 11.1 Å². The quantitative estimate of drug-likeness (QED) is 0.779. The third kappa shape index (κ3) is 4.83. The molecule has 4 nitrogen and oxygen atoms in total. The minimum Gasteiger partial charge on any atom is -1.00 e. The summed E-state index contributed by atoms with van der Waals surface area (Å²) in [5.41, 5.74) is 2.31. The Hall–Kier alpha value is -1.91. The van der Waals surface area contributed by atoms with Gasteiger partial charge in [-0.1, -0.05) is 18.2 Å². The van der Waals surface area contributed by atoms with Gasteiger partial charge in [-0.15, -0.1) is 0 Å². The molecule has 0 aromatic heterocycles. The maximum Gasteiger partial charge on any atom is 0.127 e. The molecule has 0 bridgehead atoms. The molecule has 0 saturated carbocycles. The number of halogens is 1. The second-order valence-corrected chi connectivity index (χ2v) is 4.63. The molecule has 120 valence electrons. The van der Waals surface area contributed by atoms with E-state index >= 15 is 0 Å². The predicted molar refractivity (Wildman–Crippen MR) is 83.1 cm³/mol. The van der Waals surface area contributed by atoms with Crippen LogP contribution in [0.15, 0.2) is 42.5 Å². The molecule has 0 aliphatic heterocycles. The Bertz CT molecular complexity index is 573. The fourth-order valence-electron chi connectivity index (χ4n) is 2.08. The number of hydrogen-bond acceptors (Lipinski definition) is 4. The monoisotopic (exact) mass is 322 g/mol. The van der Waals surface area contributed by atoms with Gasteiger partial charge in [-0.25, -0.2) is 0 Å². The average Bonchev–Trinajstić information content (AvgIpc) is 2.55. The molecule has 0 aliphatic carbocycles. The summed E-state index contributed by atoms with van der Waals surface area (Å²) < 4.78 is 15.7. The lowest BCUT2D eigenvalue weighted by atomic mass is 10.1. The molecule has 0 amide bonds. The molecule has 2 aromatic rings. The van der Waals surface area contributed by atoms with Gasteiger partial charge in [0.25, 0.3) is 0 Å². The van der Waals surface area contributed by atoms with E-state index in [9.17, 15) is 0 Å². The van der Waals surface area contributed by atoms with Crippen LogP contribution < -0.4 is 31.9 Å². The molecular formula is C17H21ClNO3-. The average molecular weight is 323 g/mol. The van der Waals surface area contributed by atoms with E-state index in [0.29, 0.717) is 0 Å². The van der Waals surface area contributed by atoms with Crippen LogP contribution in [0.5, 0.6) is 17.2 Å². The van der Waals surface area contributed by atoms with E-state index in [1.165, 1.54) is 5.56 Å². The Labute approximate surface area is 137 Å². The summed E-state index contributed by atoms with van der Waals surface area (Å²) in [6.07, 6.45) is 0. The normalized spacial score (nSPS) is 9.77. The number of ether oxygens (including phenoxy) is 3. The molecule has 0 saturated heterocycles. The molecule has 0 spiro atoms. The third-order valence-corrected chi connectivity index (χ3v) is 3.30. The van der Waals surface area contributed by atoms with E-state index in [0.717, 1.165) is 35.9 Å². The molecule has 0 heterocycles. The van der Waals surface area contributed by atoms with Crippen molar-refractivity contribution in [2.24, 2.45) is 0 Å². The maximum atomic E-state index is 5.38. The van der Waals surface area contributed by atoms with E-state index < -0.39 is 0 Å². The van der Waals surface area contributed by atoms with Crippen molar-refractivity contribution in [2.45, 2.75) is 13.1 Å². The first kappa shape index (κ1) is 18.1. The van der Waals surface area contributed by atoms with Crippen molar-refractivity contribution in [3.8, 4) is 17.2 Å². The van der Waals surface area contributed by atoms with Gasteiger partial charge in [0.1, 0.15) is 17.2 Å². The van der Waals surface area contributed by atoms with Crippen molar-refractivity contribution in [1.82, 2.24) is 5.32 Å². The largest absolute Gasteiger partial charge is 1.00 e. The highest BCUT2D eigenvalue weighted by molar-refractivity contribution is 5.40. The summed E-state index contributed by atoms with van der Waals surface area (Å²) in [5, 5.41) is 3.41. The van der Waals surface area contributed by atoms with E-state index in [4.69, 9.17) is 14.2 Å².